The predicted molar refractivity (Wildman–Crippen MR) is 62.0 cm³/mol. The van der Waals surface area contributed by atoms with Crippen molar-refractivity contribution in [3.8, 4) is 5.69 Å². The molecule has 1 aromatic heterocycles. The minimum Gasteiger partial charge on any atom is -0.240 e. The third-order valence-electron chi connectivity index (χ3n) is 2.42. The Bertz CT molecular complexity index is 663. The van der Waals surface area contributed by atoms with Gasteiger partial charge in [0.2, 0.25) is 0 Å². The van der Waals surface area contributed by atoms with Crippen molar-refractivity contribution in [2.45, 2.75) is 12.7 Å². The van der Waals surface area contributed by atoms with Gasteiger partial charge in [0.05, 0.1) is 11.4 Å². The van der Waals surface area contributed by atoms with Crippen LogP contribution in [0, 0.1) is 12.7 Å². The molecule has 96 valence electrons. The molecular weight excluding hydrogens is 262 g/mol. The first-order valence-corrected chi connectivity index (χ1v) is 6.64. The molecule has 0 aliphatic carbocycles. The highest BCUT2D eigenvalue weighted by molar-refractivity contribution is 7.85. The van der Waals surface area contributed by atoms with Crippen molar-refractivity contribution in [1.29, 1.82) is 0 Å². The van der Waals surface area contributed by atoms with Gasteiger partial charge in [0.1, 0.15) is 11.6 Å². The molecule has 0 radical (unpaired) electrons. The van der Waals surface area contributed by atoms with Gasteiger partial charge >= 0.3 is 10.2 Å². The van der Waals surface area contributed by atoms with Crippen molar-refractivity contribution in [3.05, 3.63) is 47.5 Å². The van der Waals surface area contributed by atoms with Gasteiger partial charge in [-0.1, -0.05) is 0 Å². The molecule has 0 N–H and O–H groups in total. The maximum Gasteiger partial charge on any atom is 0.306 e. The van der Waals surface area contributed by atoms with Crippen LogP contribution in [0.4, 0.5) is 8.28 Å². The first-order chi connectivity index (χ1) is 8.35. The fraction of sp³-hybridized carbons (Fsp3) is 0.182. The standard InChI is InChI=1S/C11H10F2N2O2S/c1-8-9(7-18(13,16)17)6-15(14-8)11-4-2-10(12)3-5-11/h2-6H,7H2,1H3. The van der Waals surface area contributed by atoms with Crippen LogP contribution >= 0.6 is 0 Å². The predicted octanol–water partition coefficient (Wildman–Crippen LogP) is 2.12. The van der Waals surface area contributed by atoms with Crippen molar-refractivity contribution in [3.63, 3.8) is 0 Å². The Morgan fingerprint density at radius 2 is 1.89 bits per heavy atom. The van der Waals surface area contributed by atoms with Gasteiger partial charge in [-0.2, -0.15) is 13.5 Å². The van der Waals surface area contributed by atoms with Crippen LogP contribution in [0.5, 0.6) is 0 Å². The first-order valence-electron chi connectivity index (χ1n) is 5.08. The molecule has 0 aliphatic rings. The van der Waals surface area contributed by atoms with Gasteiger partial charge in [-0.15, -0.1) is 3.89 Å². The van der Waals surface area contributed by atoms with Gasteiger partial charge in [-0.25, -0.2) is 9.07 Å². The summed E-state index contributed by atoms with van der Waals surface area (Å²) >= 11 is 0. The van der Waals surface area contributed by atoms with Crippen LogP contribution in [-0.4, -0.2) is 18.2 Å². The molecule has 4 nitrogen and oxygen atoms in total. The highest BCUT2D eigenvalue weighted by atomic mass is 32.3. The normalized spacial score (nSPS) is 11.7. The SMILES string of the molecule is Cc1nn(-c2ccc(F)cc2)cc1CS(=O)(=O)F. The highest BCUT2D eigenvalue weighted by Gasteiger charge is 2.14. The summed E-state index contributed by atoms with van der Waals surface area (Å²) in [5, 5.41) is 4.06. The molecule has 2 aromatic rings. The molecule has 0 spiro atoms. The average Bonchev–Trinajstić information content (AvgIpc) is 2.59. The van der Waals surface area contributed by atoms with E-state index in [2.05, 4.69) is 5.10 Å². The quantitative estimate of drug-likeness (QED) is 0.804. The number of rotatable bonds is 3. The summed E-state index contributed by atoms with van der Waals surface area (Å²) in [5.41, 5.74) is 1.27. The molecular formula is C11H10F2N2O2S. The van der Waals surface area contributed by atoms with Crippen molar-refractivity contribution >= 4 is 10.2 Å². The number of halogens is 2. The van der Waals surface area contributed by atoms with Gasteiger partial charge in [-0.05, 0) is 31.2 Å². The van der Waals surface area contributed by atoms with E-state index < -0.39 is 16.0 Å². The Labute approximate surface area is 103 Å². The smallest absolute Gasteiger partial charge is 0.240 e. The number of benzene rings is 1. The second kappa shape index (κ2) is 4.49. The minimum atomic E-state index is -4.59. The third-order valence-corrected chi connectivity index (χ3v) is 3.08. The Hall–Kier alpha value is -1.76. The molecule has 1 aromatic carbocycles. The van der Waals surface area contributed by atoms with Crippen LogP contribution < -0.4 is 0 Å². The Morgan fingerprint density at radius 1 is 1.28 bits per heavy atom. The van der Waals surface area contributed by atoms with Gasteiger partial charge in [0, 0.05) is 11.8 Å². The Kier molecular flexibility index (Phi) is 3.16. The lowest BCUT2D eigenvalue weighted by Crippen LogP contribution is -1.96. The minimum absolute atomic E-state index is 0.279. The maximum absolute atomic E-state index is 12.8. The van der Waals surface area contributed by atoms with E-state index in [0.717, 1.165) is 0 Å². The fourth-order valence-corrected chi connectivity index (χ4v) is 2.20. The van der Waals surface area contributed by atoms with E-state index in [1.165, 1.54) is 35.1 Å². The summed E-state index contributed by atoms with van der Waals surface area (Å²) in [4.78, 5) is 0. The highest BCUT2D eigenvalue weighted by Crippen LogP contribution is 2.15. The second-order valence-corrected chi connectivity index (χ2v) is 5.21. The number of aromatic nitrogens is 2. The monoisotopic (exact) mass is 272 g/mol. The lowest BCUT2D eigenvalue weighted by molar-refractivity contribution is 0.551. The molecule has 0 saturated carbocycles. The van der Waals surface area contributed by atoms with E-state index in [0.29, 0.717) is 11.4 Å². The molecule has 0 atom stereocenters. The van der Waals surface area contributed by atoms with E-state index in [1.54, 1.807) is 6.92 Å². The van der Waals surface area contributed by atoms with Gasteiger partial charge in [0.25, 0.3) is 0 Å². The van der Waals surface area contributed by atoms with E-state index >= 15 is 0 Å². The summed E-state index contributed by atoms with van der Waals surface area (Å²) < 4.78 is 47.9. The number of hydrogen-bond acceptors (Lipinski definition) is 3. The maximum atomic E-state index is 12.8. The van der Waals surface area contributed by atoms with E-state index in [9.17, 15) is 16.7 Å². The van der Waals surface area contributed by atoms with Crippen molar-refractivity contribution in [2.75, 3.05) is 0 Å². The molecule has 18 heavy (non-hydrogen) atoms. The van der Waals surface area contributed by atoms with E-state index in [1.807, 2.05) is 0 Å². The first kappa shape index (κ1) is 12.7. The molecule has 1 heterocycles. The molecule has 0 bridgehead atoms. The van der Waals surface area contributed by atoms with Gasteiger partial charge < -0.3 is 0 Å². The number of aryl methyl sites for hydroxylation is 1. The van der Waals surface area contributed by atoms with Crippen LogP contribution in [-0.2, 0) is 16.0 Å². The Morgan fingerprint density at radius 3 is 2.44 bits per heavy atom. The summed E-state index contributed by atoms with van der Waals surface area (Å²) in [6, 6.07) is 5.51. The van der Waals surface area contributed by atoms with Crippen molar-refractivity contribution in [2.24, 2.45) is 0 Å². The molecule has 2 rings (SSSR count). The van der Waals surface area contributed by atoms with Crippen LogP contribution in [0.2, 0.25) is 0 Å². The summed E-state index contributed by atoms with van der Waals surface area (Å²) in [6.07, 6.45) is 1.42. The van der Waals surface area contributed by atoms with Crippen LogP contribution in [0.1, 0.15) is 11.3 Å². The largest absolute Gasteiger partial charge is 0.306 e. The second-order valence-electron chi connectivity index (χ2n) is 3.84. The van der Waals surface area contributed by atoms with Gasteiger partial charge in [0.15, 0.2) is 0 Å². The van der Waals surface area contributed by atoms with Gasteiger partial charge in [-0.3, -0.25) is 0 Å². The van der Waals surface area contributed by atoms with E-state index in [-0.39, 0.29) is 11.4 Å². The lowest BCUT2D eigenvalue weighted by atomic mass is 10.3. The molecule has 0 unspecified atom stereocenters. The van der Waals surface area contributed by atoms with E-state index in [4.69, 9.17) is 0 Å². The zero-order valence-electron chi connectivity index (χ0n) is 9.47. The molecule has 7 heteroatoms. The zero-order chi connectivity index (χ0) is 13.3. The summed E-state index contributed by atoms with van der Waals surface area (Å²) in [6.45, 7) is 1.58. The van der Waals surface area contributed by atoms with Crippen molar-refractivity contribution < 1.29 is 16.7 Å². The number of hydrogen-bond donors (Lipinski definition) is 0. The molecule has 0 amide bonds. The molecule has 0 saturated heterocycles. The third kappa shape index (κ3) is 2.92. The topological polar surface area (TPSA) is 52.0 Å². The Balaban J connectivity index is 2.37. The van der Waals surface area contributed by atoms with Crippen LogP contribution in [0.15, 0.2) is 30.5 Å². The average molecular weight is 272 g/mol. The molecule has 0 aliphatic heterocycles. The van der Waals surface area contributed by atoms with Crippen molar-refractivity contribution in [1.82, 2.24) is 9.78 Å². The van der Waals surface area contributed by atoms with Crippen LogP contribution in [0.3, 0.4) is 0 Å². The lowest BCUT2D eigenvalue weighted by Gasteiger charge is -1.99. The fourth-order valence-electron chi connectivity index (χ4n) is 1.55. The zero-order valence-corrected chi connectivity index (χ0v) is 10.3. The summed E-state index contributed by atoms with van der Waals surface area (Å²) in [5.74, 6) is -1.09. The number of nitrogens with zero attached hydrogens (tertiary/aromatic N) is 2. The summed E-state index contributed by atoms with van der Waals surface area (Å²) in [7, 11) is -4.59. The van der Waals surface area contributed by atoms with Crippen LogP contribution in [0.25, 0.3) is 5.69 Å². The molecule has 0 fully saturated rings.